The number of esters is 1. The Morgan fingerprint density at radius 3 is 2.45 bits per heavy atom. The van der Waals surface area contributed by atoms with Gasteiger partial charge in [-0.1, -0.05) is 50.2 Å². The van der Waals surface area contributed by atoms with Gasteiger partial charge in [-0.15, -0.1) is 0 Å². The first-order valence-electron chi connectivity index (χ1n) is 10.2. The van der Waals surface area contributed by atoms with Crippen molar-refractivity contribution >= 4 is 29.0 Å². The fourth-order valence-electron chi connectivity index (χ4n) is 3.13. The molecule has 7 heteroatoms. The van der Waals surface area contributed by atoms with Gasteiger partial charge in [0.2, 0.25) is 11.7 Å². The quantitative estimate of drug-likeness (QED) is 0.493. The molecule has 31 heavy (non-hydrogen) atoms. The predicted molar refractivity (Wildman–Crippen MR) is 117 cm³/mol. The van der Waals surface area contributed by atoms with Gasteiger partial charge in [-0.2, -0.15) is 0 Å². The average Bonchev–Trinajstić information content (AvgIpc) is 3.14. The lowest BCUT2D eigenvalue weighted by Gasteiger charge is -2.18. The molecular formula is C24H26N2O5. The number of para-hydroxylation sites is 2. The highest BCUT2D eigenvalue weighted by molar-refractivity contribution is 6.20. The summed E-state index contributed by atoms with van der Waals surface area (Å²) in [5.74, 6) is -1.60. The van der Waals surface area contributed by atoms with Crippen molar-refractivity contribution in [2.24, 2.45) is 0 Å². The lowest BCUT2D eigenvalue weighted by Crippen LogP contribution is -2.32. The number of rotatable bonds is 8. The molecule has 162 valence electrons. The van der Waals surface area contributed by atoms with Crippen LogP contribution in [0.2, 0.25) is 0 Å². The van der Waals surface area contributed by atoms with Crippen molar-refractivity contribution in [2.45, 2.75) is 39.2 Å². The molecule has 2 atom stereocenters. The molecule has 2 aromatic carbocycles. The number of amides is 1. The minimum Gasteiger partial charge on any atom is -0.470 e. The Hall–Kier alpha value is -3.61. The molecule has 1 aliphatic heterocycles. The van der Waals surface area contributed by atoms with Crippen molar-refractivity contribution in [2.75, 3.05) is 17.2 Å². The topological polar surface area (TPSA) is 93.7 Å². The van der Waals surface area contributed by atoms with E-state index >= 15 is 0 Å². The van der Waals surface area contributed by atoms with Crippen LogP contribution >= 0.6 is 0 Å². The van der Waals surface area contributed by atoms with Gasteiger partial charge in [0.25, 0.3) is 5.91 Å². The molecule has 0 spiro atoms. The Bertz CT molecular complexity index is 1000. The van der Waals surface area contributed by atoms with Crippen LogP contribution in [0.5, 0.6) is 0 Å². The van der Waals surface area contributed by atoms with E-state index in [1.165, 1.54) is 6.92 Å². The molecule has 0 saturated heterocycles. The Labute approximate surface area is 181 Å². The normalized spacial score (nSPS) is 15.1. The second-order valence-corrected chi connectivity index (χ2v) is 7.34. The molecule has 0 unspecified atom stereocenters. The van der Waals surface area contributed by atoms with Gasteiger partial charge in [0.05, 0.1) is 0 Å². The molecule has 0 radical (unpaired) electrons. The van der Waals surface area contributed by atoms with E-state index < -0.39 is 23.8 Å². The summed E-state index contributed by atoms with van der Waals surface area (Å²) in [5.41, 5.74) is 2.11. The molecule has 0 bridgehead atoms. The maximum absolute atomic E-state index is 12.6. The number of benzene rings is 2. The summed E-state index contributed by atoms with van der Waals surface area (Å²) in [6.07, 6.45) is -0.179. The predicted octanol–water partition coefficient (Wildman–Crippen LogP) is 3.99. The van der Waals surface area contributed by atoms with Crippen LogP contribution in [-0.2, 0) is 23.9 Å². The van der Waals surface area contributed by atoms with Gasteiger partial charge in [0.1, 0.15) is 0 Å². The van der Waals surface area contributed by atoms with Crippen molar-refractivity contribution in [1.82, 2.24) is 0 Å². The molecule has 0 aliphatic carbocycles. The van der Waals surface area contributed by atoms with Gasteiger partial charge in [-0.25, -0.2) is 4.79 Å². The van der Waals surface area contributed by atoms with Crippen molar-refractivity contribution in [3.05, 3.63) is 71.6 Å². The fraction of sp³-hybridized carbons (Fsp3) is 0.292. The lowest BCUT2D eigenvalue weighted by molar-refractivity contribution is -0.150. The van der Waals surface area contributed by atoms with Crippen molar-refractivity contribution in [3.63, 3.8) is 0 Å². The summed E-state index contributed by atoms with van der Waals surface area (Å²) >= 11 is 0. The zero-order valence-electron chi connectivity index (χ0n) is 17.8. The molecule has 2 N–H and O–H groups in total. The smallest absolute Gasteiger partial charge is 0.348 e. The van der Waals surface area contributed by atoms with Gasteiger partial charge in [-0.3, -0.25) is 9.59 Å². The van der Waals surface area contributed by atoms with E-state index in [1.54, 1.807) is 24.3 Å². The number of hydrogen-bond donors (Lipinski definition) is 2. The first-order chi connectivity index (χ1) is 14.9. The van der Waals surface area contributed by atoms with Gasteiger partial charge in [-0.05, 0) is 43.0 Å². The van der Waals surface area contributed by atoms with Crippen molar-refractivity contribution in [3.8, 4) is 0 Å². The van der Waals surface area contributed by atoms with Crippen molar-refractivity contribution in [1.29, 1.82) is 0 Å². The third-order valence-electron chi connectivity index (χ3n) is 5.10. The van der Waals surface area contributed by atoms with Crippen molar-refractivity contribution < 1.29 is 23.9 Å². The highest BCUT2D eigenvalue weighted by Gasteiger charge is 2.34. The molecule has 1 amide bonds. The van der Waals surface area contributed by atoms with Crippen LogP contribution in [0.4, 0.5) is 11.4 Å². The highest BCUT2D eigenvalue weighted by atomic mass is 16.6. The van der Waals surface area contributed by atoms with E-state index in [0.29, 0.717) is 11.4 Å². The van der Waals surface area contributed by atoms with Gasteiger partial charge in [0.15, 0.2) is 18.3 Å². The molecule has 2 aromatic rings. The van der Waals surface area contributed by atoms with Crippen LogP contribution in [0.25, 0.3) is 0 Å². The van der Waals surface area contributed by atoms with E-state index in [2.05, 4.69) is 24.5 Å². The highest BCUT2D eigenvalue weighted by Crippen LogP contribution is 2.27. The van der Waals surface area contributed by atoms with Gasteiger partial charge >= 0.3 is 5.97 Å². The van der Waals surface area contributed by atoms with E-state index in [-0.39, 0.29) is 24.0 Å². The van der Waals surface area contributed by atoms with Crippen LogP contribution in [0, 0.1) is 0 Å². The number of carbonyl (C=O) groups excluding carboxylic acids is 3. The Balaban J connectivity index is 1.70. The van der Waals surface area contributed by atoms with Crippen LogP contribution < -0.4 is 10.6 Å². The lowest BCUT2D eigenvalue weighted by atomic mass is 9.97. The standard InChI is InChI=1S/C24H26N2O5/c1-4-15(2)18-12-8-9-13-19(18)26-22(28)16(3)31-24(29)21-20(27)14-30-23(21)25-17-10-6-5-7-11-17/h5-13,15-16,25H,4,14H2,1-3H3,(H,26,28)/t15-,16-/m1/s1. The fourth-order valence-corrected chi connectivity index (χ4v) is 3.13. The average molecular weight is 422 g/mol. The van der Waals surface area contributed by atoms with E-state index in [1.807, 2.05) is 30.3 Å². The molecule has 3 rings (SSSR count). The zero-order chi connectivity index (χ0) is 22.4. The molecule has 0 fully saturated rings. The third-order valence-corrected chi connectivity index (χ3v) is 5.10. The van der Waals surface area contributed by atoms with Gasteiger partial charge < -0.3 is 20.1 Å². The third kappa shape index (κ3) is 5.31. The summed E-state index contributed by atoms with van der Waals surface area (Å²) in [7, 11) is 0. The van der Waals surface area contributed by atoms with Gasteiger partial charge in [0, 0.05) is 11.4 Å². The molecule has 7 nitrogen and oxygen atoms in total. The Morgan fingerprint density at radius 1 is 1.06 bits per heavy atom. The first kappa shape index (κ1) is 22.1. The van der Waals surface area contributed by atoms with Crippen LogP contribution in [0.3, 0.4) is 0 Å². The number of carbonyl (C=O) groups is 3. The Kier molecular flexibility index (Phi) is 7.07. The van der Waals surface area contributed by atoms with Crippen LogP contribution in [-0.4, -0.2) is 30.4 Å². The number of ketones is 1. The SMILES string of the molecule is CC[C@@H](C)c1ccccc1NC(=O)[C@@H](C)OC(=O)C1=C(Nc2ccccc2)OCC1=O. The minimum atomic E-state index is -1.10. The number of nitrogens with one attached hydrogen (secondary N) is 2. The number of anilines is 2. The summed E-state index contributed by atoms with van der Waals surface area (Å²) in [5, 5.41) is 5.73. The van der Waals surface area contributed by atoms with E-state index in [4.69, 9.17) is 9.47 Å². The summed E-state index contributed by atoms with van der Waals surface area (Å²) < 4.78 is 10.6. The first-order valence-corrected chi connectivity index (χ1v) is 10.2. The molecular weight excluding hydrogens is 396 g/mol. The Morgan fingerprint density at radius 2 is 1.74 bits per heavy atom. The summed E-state index contributed by atoms with van der Waals surface area (Å²) in [6.45, 7) is 5.35. The largest absolute Gasteiger partial charge is 0.470 e. The summed E-state index contributed by atoms with van der Waals surface area (Å²) in [4.78, 5) is 37.5. The van der Waals surface area contributed by atoms with Crippen LogP contribution in [0.1, 0.15) is 38.7 Å². The molecule has 0 aromatic heterocycles. The zero-order valence-corrected chi connectivity index (χ0v) is 17.8. The van der Waals surface area contributed by atoms with Crippen LogP contribution in [0.15, 0.2) is 66.1 Å². The maximum atomic E-state index is 12.6. The molecule has 1 heterocycles. The molecule has 0 saturated carbocycles. The van der Waals surface area contributed by atoms with E-state index in [0.717, 1.165) is 12.0 Å². The second-order valence-electron chi connectivity index (χ2n) is 7.34. The number of hydrogen-bond acceptors (Lipinski definition) is 6. The summed E-state index contributed by atoms with van der Waals surface area (Å²) in [6, 6.07) is 16.5. The second kappa shape index (κ2) is 9.93. The minimum absolute atomic E-state index is 0.0240. The molecule has 1 aliphatic rings. The number of ether oxygens (including phenoxy) is 2. The maximum Gasteiger partial charge on any atom is 0.348 e. The number of Topliss-reactive ketones (excluding diaryl/α,β-unsaturated/α-hetero) is 1. The monoisotopic (exact) mass is 422 g/mol. The van der Waals surface area contributed by atoms with E-state index in [9.17, 15) is 14.4 Å².